The molecule has 0 aliphatic carbocycles. The summed E-state index contributed by atoms with van der Waals surface area (Å²) in [7, 11) is 1.63. The maximum absolute atomic E-state index is 10.5. The highest BCUT2D eigenvalue weighted by atomic mass is 16.5. The molecule has 2 N–H and O–H groups in total. The maximum Gasteiger partial charge on any atom is 0.331 e. The van der Waals surface area contributed by atoms with Crippen LogP contribution in [-0.4, -0.2) is 37.9 Å². The van der Waals surface area contributed by atoms with Crippen LogP contribution >= 0.6 is 0 Å². The lowest BCUT2D eigenvalue weighted by Crippen LogP contribution is -2.19. The molecular formula is C9H17NO3. The lowest BCUT2D eigenvalue weighted by atomic mass is 10.2. The molecular weight excluding hydrogens is 170 g/mol. The average Bonchev–Trinajstić information content (AvgIpc) is 2.10. The SMILES string of the molecule is CCC(=CCNCCOC)C(=O)O. The summed E-state index contributed by atoms with van der Waals surface area (Å²) in [6, 6.07) is 0. The smallest absolute Gasteiger partial charge is 0.331 e. The van der Waals surface area contributed by atoms with Crippen molar-refractivity contribution in [2.75, 3.05) is 26.8 Å². The zero-order chi connectivity index (χ0) is 10.1. The van der Waals surface area contributed by atoms with Gasteiger partial charge in [0.05, 0.1) is 6.61 Å². The Balaban J connectivity index is 3.61. The van der Waals surface area contributed by atoms with Crippen LogP contribution < -0.4 is 5.32 Å². The number of nitrogens with one attached hydrogen (secondary N) is 1. The van der Waals surface area contributed by atoms with E-state index in [0.717, 1.165) is 6.54 Å². The van der Waals surface area contributed by atoms with E-state index in [1.165, 1.54) is 0 Å². The van der Waals surface area contributed by atoms with Crippen molar-refractivity contribution in [1.29, 1.82) is 0 Å². The summed E-state index contributed by atoms with van der Waals surface area (Å²) >= 11 is 0. The Morgan fingerprint density at radius 1 is 1.62 bits per heavy atom. The molecule has 4 heteroatoms. The van der Waals surface area contributed by atoms with Crippen molar-refractivity contribution in [3.63, 3.8) is 0 Å². The molecule has 4 nitrogen and oxygen atoms in total. The maximum atomic E-state index is 10.5. The molecule has 0 heterocycles. The molecule has 0 saturated heterocycles. The molecule has 0 spiro atoms. The summed E-state index contributed by atoms with van der Waals surface area (Å²) in [5.41, 5.74) is 0.449. The van der Waals surface area contributed by atoms with E-state index in [0.29, 0.717) is 25.1 Å². The molecule has 0 atom stereocenters. The molecule has 0 fully saturated rings. The van der Waals surface area contributed by atoms with E-state index in [2.05, 4.69) is 5.32 Å². The summed E-state index contributed by atoms with van der Waals surface area (Å²) in [5, 5.41) is 11.7. The van der Waals surface area contributed by atoms with Gasteiger partial charge in [0.25, 0.3) is 0 Å². The lowest BCUT2D eigenvalue weighted by Gasteiger charge is -2.01. The fraction of sp³-hybridized carbons (Fsp3) is 0.667. The van der Waals surface area contributed by atoms with Gasteiger partial charge in [-0.25, -0.2) is 4.79 Å². The van der Waals surface area contributed by atoms with E-state index in [-0.39, 0.29) is 0 Å². The Labute approximate surface area is 78.6 Å². The van der Waals surface area contributed by atoms with Crippen LogP contribution in [0.5, 0.6) is 0 Å². The highest BCUT2D eigenvalue weighted by molar-refractivity contribution is 5.86. The van der Waals surface area contributed by atoms with Crippen LogP contribution in [0.2, 0.25) is 0 Å². The van der Waals surface area contributed by atoms with Crippen molar-refractivity contribution in [1.82, 2.24) is 5.32 Å². The van der Waals surface area contributed by atoms with Gasteiger partial charge in [-0.05, 0) is 6.42 Å². The van der Waals surface area contributed by atoms with E-state index >= 15 is 0 Å². The van der Waals surface area contributed by atoms with Crippen molar-refractivity contribution in [2.45, 2.75) is 13.3 Å². The number of ether oxygens (including phenoxy) is 1. The van der Waals surface area contributed by atoms with Crippen LogP contribution in [0.3, 0.4) is 0 Å². The third-order valence-corrected chi connectivity index (χ3v) is 1.63. The molecule has 0 radical (unpaired) electrons. The Morgan fingerprint density at radius 3 is 2.77 bits per heavy atom. The van der Waals surface area contributed by atoms with Gasteiger partial charge in [-0.3, -0.25) is 0 Å². The highest BCUT2D eigenvalue weighted by Gasteiger charge is 2.01. The zero-order valence-corrected chi connectivity index (χ0v) is 8.17. The van der Waals surface area contributed by atoms with Crippen LogP contribution in [0.4, 0.5) is 0 Å². The van der Waals surface area contributed by atoms with E-state index in [1.54, 1.807) is 13.2 Å². The molecule has 0 aromatic rings. The normalized spacial score (nSPS) is 11.7. The molecule has 0 unspecified atom stereocenters. The van der Waals surface area contributed by atoms with Crippen LogP contribution in [0.25, 0.3) is 0 Å². The van der Waals surface area contributed by atoms with Crippen molar-refractivity contribution in [2.24, 2.45) is 0 Å². The first-order chi connectivity index (χ1) is 6.22. The number of hydrogen-bond donors (Lipinski definition) is 2. The average molecular weight is 187 g/mol. The fourth-order valence-corrected chi connectivity index (χ4v) is 0.855. The van der Waals surface area contributed by atoms with Gasteiger partial charge in [-0.15, -0.1) is 0 Å². The third kappa shape index (κ3) is 6.31. The second-order valence-electron chi connectivity index (χ2n) is 2.58. The minimum Gasteiger partial charge on any atom is -0.478 e. The van der Waals surface area contributed by atoms with Crippen molar-refractivity contribution in [3.05, 3.63) is 11.6 Å². The summed E-state index contributed by atoms with van der Waals surface area (Å²) in [5.74, 6) is -0.837. The molecule has 0 aromatic heterocycles. The standard InChI is InChI=1S/C9H17NO3/c1-3-8(9(11)12)4-5-10-6-7-13-2/h4,10H,3,5-7H2,1-2H3,(H,11,12). The first kappa shape index (κ1) is 12.1. The molecule has 0 rings (SSSR count). The molecule has 76 valence electrons. The van der Waals surface area contributed by atoms with Crippen molar-refractivity contribution >= 4 is 5.97 Å². The van der Waals surface area contributed by atoms with Gasteiger partial charge < -0.3 is 15.2 Å². The van der Waals surface area contributed by atoms with Gasteiger partial charge >= 0.3 is 5.97 Å². The molecule has 0 aliphatic heterocycles. The Hall–Kier alpha value is -0.870. The van der Waals surface area contributed by atoms with E-state index < -0.39 is 5.97 Å². The highest BCUT2D eigenvalue weighted by Crippen LogP contribution is 1.98. The Kier molecular flexibility index (Phi) is 7.24. The number of aliphatic carboxylic acids is 1. The van der Waals surface area contributed by atoms with Crippen LogP contribution in [0.15, 0.2) is 11.6 Å². The minimum absolute atomic E-state index is 0.449. The van der Waals surface area contributed by atoms with Crippen molar-refractivity contribution in [3.8, 4) is 0 Å². The van der Waals surface area contributed by atoms with Gasteiger partial charge in [0.15, 0.2) is 0 Å². The molecule has 0 amide bonds. The molecule has 0 bridgehead atoms. The third-order valence-electron chi connectivity index (χ3n) is 1.63. The second kappa shape index (κ2) is 7.76. The summed E-state index contributed by atoms with van der Waals surface area (Å²) in [4.78, 5) is 10.5. The Morgan fingerprint density at radius 2 is 2.31 bits per heavy atom. The number of carboxylic acid groups (broad SMARTS) is 1. The first-order valence-corrected chi connectivity index (χ1v) is 4.34. The van der Waals surface area contributed by atoms with Gasteiger partial charge in [0.1, 0.15) is 0 Å². The van der Waals surface area contributed by atoms with Crippen molar-refractivity contribution < 1.29 is 14.6 Å². The van der Waals surface area contributed by atoms with E-state index in [9.17, 15) is 4.79 Å². The van der Waals surface area contributed by atoms with Gasteiger partial charge in [0, 0.05) is 25.8 Å². The van der Waals surface area contributed by atoms with Crippen LogP contribution in [0, 0.1) is 0 Å². The van der Waals surface area contributed by atoms with Gasteiger partial charge in [0.2, 0.25) is 0 Å². The lowest BCUT2D eigenvalue weighted by molar-refractivity contribution is -0.132. The minimum atomic E-state index is -0.837. The second-order valence-corrected chi connectivity index (χ2v) is 2.58. The number of carbonyl (C=O) groups is 1. The predicted molar refractivity (Wildman–Crippen MR) is 50.8 cm³/mol. The Bertz CT molecular complexity index is 178. The molecule has 13 heavy (non-hydrogen) atoms. The summed E-state index contributed by atoms with van der Waals surface area (Å²) in [6.07, 6.45) is 2.25. The largest absolute Gasteiger partial charge is 0.478 e. The summed E-state index contributed by atoms with van der Waals surface area (Å²) in [6.45, 7) is 3.79. The van der Waals surface area contributed by atoms with Gasteiger partial charge in [-0.2, -0.15) is 0 Å². The quantitative estimate of drug-likeness (QED) is 0.453. The predicted octanol–water partition coefficient (Wildman–Crippen LogP) is 0.643. The molecule has 0 saturated carbocycles. The molecule has 0 aromatic carbocycles. The van der Waals surface area contributed by atoms with Gasteiger partial charge in [-0.1, -0.05) is 13.0 Å². The number of methoxy groups -OCH3 is 1. The first-order valence-electron chi connectivity index (χ1n) is 4.34. The summed E-state index contributed by atoms with van der Waals surface area (Å²) < 4.78 is 4.82. The number of carboxylic acids is 1. The monoisotopic (exact) mass is 187 g/mol. The van der Waals surface area contributed by atoms with Crippen LogP contribution in [0.1, 0.15) is 13.3 Å². The van der Waals surface area contributed by atoms with E-state index in [4.69, 9.17) is 9.84 Å². The number of rotatable bonds is 7. The zero-order valence-electron chi connectivity index (χ0n) is 8.17. The fourth-order valence-electron chi connectivity index (χ4n) is 0.855. The topological polar surface area (TPSA) is 58.6 Å². The van der Waals surface area contributed by atoms with E-state index in [1.807, 2.05) is 6.92 Å². The molecule has 0 aliphatic rings. The van der Waals surface area contributed by atoms with Crippen LogP contribution in [-0.2, 0) is 9.53 Å². The number of hydrogen-bond acceptors (Lipinski definition) is 3.